The summed E-state index contributed by atoms with van der Waals surface area (Å²) in [6.45, 7) is 2.25. The van der Waals surface area contributed by atoms with Crippen LogP contribution in [-0.4, -0.2) is 20.9 Å². The normalized spacial score (nSPS) is 12.4. The van der Waals surface area contributed by atoms with Crippen LogP contribution in [0.2, 0.25) is 0 Å². The molecule has 0 aliphatic carbocycles. The number of aromatic amines is 1. The Bertz CT molecular complexity index is 491. The fourth-order valence-corrected chi connectivity index (χ4v) is 2.01. The van der Waals surface area contributed by atoms with Gasteiger partial charge >= 0.3 is 0 Å². The lowest BCUT2D eigenvalue weighted by molar-refractivity contribution is 0.0946. The van der Waals surface area contributed by atoms with Crippen LogP contribution in [0.3, 0.4) is 0 Å². The molecule has 6 nitrogen and oxygen atoms in total. The smallest absolute Gasteiger partial charge is 0.271 e. The largest absolute Gasteiger partial charge is 0.347 e. The molecule has 17 heavy (non-hydrogen) atoms. The van der Waals surface area contributed by atoms with Gasteiger partial charge in [-0.25, -0.2) is 9.97 Å². The maximum absolute atomic E-state index is 11.7. The lowest BCUT2D eigenvalue weighted by Gasteiger charge is -2.00. The Labute approximate surface area is 102 Å². The van der Waals surface area contributed by atoms with Gasteiger partial charge in [0.2, 0.25) is 0 Å². The van der Waals surface area contributed by atoms with Crippen molar-refractivity contribution in [2.75, 3.05) is 0 Å². The predicted octanol–water partition coefficient (Wildman–Crippen LogP) is 0.816. The first-order chi connectivity index (χ1) is 8.16. The Balaban J connectivity index is 1.95. The molecule has 0 aliphatic rings. The Morgan fingerprint density at radius 3 is 3.12 bits per heavy atom. The van der Waals surface area contributed by atoms with Crippen molar-refractivity contribution in [2.24, 2.45) is 5.73 Å². The second-order valence-corrected chi connectivity index (χ2v) is 4.51. The lowest BCUT2D eigenvalue weighted by atomic mass is 10.4. The molecule has 1 amide bonds. The highest BCUT2D eigenvalue weighted by Crippen LogP contribution is 2.15. The second kappa shape index (κ2) is 5.07. The van der Waals surface area contributed by atoms with Crippen LogP contribution in [0.5, 0.6) is 0 Å². The number of nitrogens with one attached hydrogen (secondary N) is 2. The Hall–Kier alpha value is -1.73. The predicted molar refractivity (Wildman–Crippen MR) is 64.5 cm³/mol. The van der Waals surface area contributed by atoms with Crippen molar-refractivity contribution in [1.29, 1.82) is 0 Å². The van der Waals surface area contributed by atoms with Crippen LogP contribution in [0.4, 0.5) is 0 Å². The van der Waals surface area contributed by atoms with Crippen molar-refractivity contribution < 1.29 is 4.79 Å². The van der Waals surface area contributed by atoms with Crippen LogP contribution >= 0.6 is 11.3 Å². The Kier molecular flexibility index (Phi) is 3.50. The van der Waals surface area contributed by atoms with E-state index in [0.29, 0.717) is 12.2 Å². The van der Waals surface area contributed by atoms with E-state index in [1.807, 2.05) is 6.92 Å². The number of carbonyl (C=O) groups excluding carboxylic acids is 1. The topological polar surface area (TPSA) is 96.7 Å². The minimum absolute atomic E-state index is 0.144. The van der Waals surface area contributed by atoms with Gasteiger partial charge in [-0.3, -0.25) is 4.79 Å². The summed E-state index contributed by atoms with van der Waals surface area (Å²) in [6.07, 6.45) is 3.23. The molecule has 2 aromatic rings. The molecule has 0 fully saturated rings. The van der Waals surface area contributed by atoms with Crippen molar-refractivity contribution in [2.45, 2.75) is 19.5 Å². The number of amides is 1. The number of carbonyl (C=O) groups is 1. The van der Waals surface area contributed by atoms with E-state index >= 15 is 0 Å². The summed E-state index contributed by atoms with van der Waals surface area (Å²) in [5.74, 6) is -0.206. The summed E-state index contributed by atoms with van der Waals surface area (Å²) >= 11 is 1.39. The number of thiazole rings is 1. The van der Waals surface area contributed by atoms with Crippen LogP contribution in [0.15, 0.2) is 17.9 Å². The van der Waals surface area contributed by atoms with E-state index in [1.165, 1.54) is 11.3 Å². The van der Waals surface area contributed by atoms with Crippen molar-refractivity contribution in [3.63, 3.8) is 0 Å². The zero-order valence-electron chi connectivity index (χ0n) is 9.30. The van der Waals surface area contributed by atoms with Crippen molar-refractivity contribution >= 4 is 17.2 Å². The molecule has 0 radical (unpaired) electrons. The number of nitrogens with zero attached hydrogens (tertiary/aromatic N) is 2. The van der Waals surface area contributed by atoms with Crippen molar-refractivity contribution in [1.82, 2.24) is 20.3 Å². The zero-order chi connectivity index (χ0) is 12.3. The number of H-pyrrole nitrogens is 1. The fourth-order valence-electron chi connectivity index (χ4n) is 1.25. The van der Waals surface area contributed by atoms with Gasteiger partial charge in [0, 0.05) is 11.6 Å². The molecule has 0 spiro atoms. The summed E-state index contributed by atoms with van der Waals surface area (Å²) in [5, 5.41) is 5.22. The molecule has 0 bridgehead atoms. The van der Waals surface area contributed by atoms with E-state index in [4.69, 9.17) is 5.73 Å². The van der Waals surface area contributed by atoms with Gasteiger partial charge < -0.3 is 16.0 Å². The number of rotatable bonds is 4. The fraction of sp³-hybridized carbons (Fsp3) is 0.300. The van der Waals surface area contributed by atoms with Gasteiger partial charge in [-0.05, 0) is 6.92 Å². The van der Waals surface area contributed by atoms with Gasteiger partial charge in [0.1, 0.15) is 10.7 Å². The SMILES string of the molecule is CC(N)c1nc(C(=O)NCc2cnc[nH]2)cs1. The molecular formula is C10H13N5OS. The molecule has 1 atom stereocenters. The number of nitrogens with two attached hydrogens (primary N) is 1. The van der Waals surface area contributed by atoms with E-state index in [9.17, 15) is 4.79 Å². The highest BCUT2D eigenvalue weighted by Gasteiger charge is 2.12. The quantitative estimate of drug-likeness (QED) is 0.749. The number of imidazole rings is 1. The average Bonchev–Trinajstić information content (AvgIpc) is 2.96. The Morgan fingerprint density at radius 2 is 2.53 bits per heavy atom. The summed E-state index contributed by atoms with van der Waals surface area (Å²) in [7, 11) is 0. The van der Waals surface area contributed by atoms with Crippen molar-refractivity contribution in [3.8, 4) is 0 Å². The minimum Gasteiger partial charge on any atom is -0.347 e. The summed E-state index contributed by atoms with van der Waals surface area (Å²) in [5.41, 5.74) is 6.93. The molecule has 0 aromatic carbocycles. The third-order valence-corrected chi connectivity index (χ3v) is 3.18. The van der Waals surface area contributed by atoms with Crippen molar-refractivity contribution in [3.05, 3.63) is 34.3 Å². The maximum Gasteiger partial charge on any atom is 0.271 e. The molecule has 2 aromatic heterocycles. The highest BCUT2D eigenvalue weighted by molar-refractivity contribution is 7.09. The van der Waals surface area contributed by atoms with Gasteiger partial charge in [-0.2, -0.15) is 0 Å². The molecule has 1 unspecified atom stereocenters. The molecule has 0 saturated heterocycles. The summed E-state index contributed by atoms with van der Waals surface area (Å²) in [4.78, 5) is 22.7. The number of hydrogen-bond donors (Lipinski definition) is 3. The molecule has 90 valence electrons. The van der Waals surface area contributed by atoms with Crippen LogP contribution < -0.4 is 11.1 Å². The van der Waals surface area contributed by atoms with Gasteiger partial charge in [0.15, 0.2) is 0 Å². The Morgan fingerprint density at radius 1 is 1.71 bits per heavy atom. The van der Waals surface area contributed by atoms with Gasteiger partial charge in [0.25, 0.3) is 5.91 Å². The van der Waals surface area contributed by atoms with Gasteiger partial charge in [0.05, 0.1) is 24.6 Å². The first-order valence-electron chi connectivity index (χ1n) is 5.13. The van der Waals surface area contributed by atoms with Gasteiger partial charge in [-0.15, -0.1) is 11.3 Å². The summed E-state index contributed by atoms with van der Waals surface area (Å²) in [6, 6.07) is -0.144. The molecule has 0 saturated carbocycles. The molecular weight excluding hydrogens is 238 g/mol. The zero-order valence-corrected chi connectivity index (χ0v) is 10.1. The molecule has 0 aliphatic heterocycles. The standard InChI is InChI=1S/C10H13N5OS/c1-6(11)10-15-8(4-17-10)9(16)13-3-7-2-12-5-14-7/h2,4-6H,3,11H2,1H3,(H,12,14)(H,13,16). The van der Waals surface area contributed by atoms with E-state index in [-0.39, 0.29) is 11.9 Å². The lowest BCUT2D eigenvalue weighted by Crippen LogP contribution is -2.23. The highest BCUT2D eigenvalue weighted by atomic mass is 32.1. The van der Waals surface area contributed by atoms with E-state index < -0.39 is 0 Å². The van der Waals surface area contributed by atoms with E-state index in [1.54, 1.807) is 17.9 Å². The third-order valence-electron chi connectivity index (χ3n) is 2.14. The molecule has 7 heteroatoms. The van der Waals surface area contributed by atoms with Crippen LogP contribution in [-0.2, 0) is 6.54 Å². The second-order valence-electron chi connectivity index (χ2n) is 3.62. The number of hydrogen-bond acceptors (Lipinski definition) is 5. The van der Waals surface area contributed by atoms with E-state index in [2.05, 4.69) is 20.3 Å². The summed E-state index contributed by atoms with van der Waals surface area (Å²) < 4.78 is 0. The molecule has 4 N–H and O–H groups in total. The third kappa shape index (κ3) is 2.89. The number of aromatic nitrogens is 3. The monoisotopic (exact) mass is 251 g/mol. The molecule has 2 heterocycles. The van der Waals surface area contributed by atoms with Gasteiger partial charge in [-0.1, -0.05) is 0 Å². The van der Waals surface area contributed by atoms with Crippen LogP contribution in [0, 0.1) is 0 Å². The van der Waals surface area contributed by atoms with Crippen LogP contribution in [0.25, 0.3) is 0 Å². The van der Waals surface area contributed by atoms with E-state index in [0.717, 1.165) is 10.7 Å². The first kappa shape index (κ1) is 11.7. The maximum atomic E-state index is 11.7. The average molecular weight is 251 g/mol. The minimum atomic E-state index is -0.206. The van der Waals surface area contributed by atoms with Crippen LogP contribution in [0.1, 0.15) is 34.2 Å². The molecule has 2 rings (SSSR count). The first-order valence-corrected chi connectivity index (χ1v) is 6.01.